The highest BCUT2D eigenvalue weighted by molar-refractivity contribution is 5.79. The first-order chi connectivity index (χ1) is 6.06. The number of cyclic esters (lactones) is 1. The molecule has 5 nitrogen and oxygen atoms in total. The Bertz CT molecular complexity index is 214. The van der Waals surface area contributed by atoms with Crippen molar-refractivity contribution in [3.63, 3.8) is 0 Å². The van der Waals surface area contributed by atoms with Gasteiger partial charge in [0.05, 0.1) is 13.5 Å². The lowest BCUT2D eigenvalue weighted by Crippen LogP contribution is -2.49. The first-order valence-electron chi connectivity index (χ1n) is 4.09. The van der Waals surface area contributed by atoms with Crippen LogP contribution in [0, 0.1) is 5.92 Å². The molecule has 0 bridgehead atoms. The monoisotopic (exact) mass is 187 g/mol. The van der Waals surface area contributed by atoms with Gasteiger partial charge in [0, 0.05) is 6.04 Å². The number of hydrogen-bond donors (Lipinski definition) is 1. The molecule has 74 valence electrons. The van der Waals surface area contributed by atoms with Crippen molar-refractivity contribution in [2.45, 2.75) is 25.5 Å². The van der Waals surface area contributed by atoms with Crippen molar-refractivity contribution in [1.82, 2.24) is 0 Å². The third-order valence-electron chi connectivity index (χ3n) is 2.16. The summed E-state index contributed by atoms with van der Waals surface area (Å²) in [5.74, 6) is -1.32. The van der Waals surface area contributed by atoms with E-state index in [1.54, 1.807) is 6.92 Å². The highest BCUT2D eigenvalue weighted by atomic mass is 16.6. The lowest BCUT2D eigenvalue weighted by Gasteiger charge is -2.31. The number of carbonyl (C=O) groups is 2. The van der Waals surface area contributed by atoms with Crippen LogP contribution < -0.4 is 5.73 Å². The second kappa shape index (κ2) is 3.74. The third kappa shape index (κ3) is 1.98. The minimum absolute atomic E-state index is 0.0735. The summed E-state index contributed by atoms with van der Waals surface area (Å²) in [6.45, 7) is 1.64. The summed E-state index contributed by atoms with van der Waals surface area (Å²) in [5, 5.41) is 0. The van der Waals surface area contributed by atoms with Crippen LogP contribution in [-0.4, -0.2) is 31.2 Å². The fraction of sp³-hybridized carbons (Fsp3) is 0.750. The van der Waals surface area contributed by atoms with Crippen LogP contribution in [0.4, 0.5) is 0 Å². The van der Waals surface area contributed by atoms with Crippen molar-refractivity contribution in [2.24, 2.45) is 11.7 Å². The van der Waals surface area contributed by atoms with Crippen molar-refractivity contribution < 1.29 is 19.1 Å². The molecular weight excluding hydrogens is 174 g/mol. The summed E-state index contributed by atoms with van der Waals surface area (Å²) < 4.78 is 9.43. The molecule has 0 unspecified atom stereocenters. The average Bonchev–Trinajstić information content (AvgIpc) is 2.02. The zero-order valence-corrected chi connectivity index (χ0v) is 7.65. The zero-order valence-electron chi connectivity index (χ0n) is 7.65. The first-order valence-corrected chi connectivity index (χ1v) is 4.09. The van der Waals surface area contributed by atoms with E-state index >= 15 is 0 Å². The molecule has 1 saturated heterocycles. The van der Waals surface area contributed by atoms with Gasteiger partial charge in [-0.3, -0.25) is 9.59 Å². The molecule has 2 N–H and O–H groups in total. The second-order valence-electron chi connectivity index (χ2n) is 3.11. The van der Waals surface area contributed by atoms with E-state index in [0.29, 0.717) is 0 Å². The maximum absolute atomic E-state index is 11.2. The number of carbonyl (C=O) groups excluding carboxylic acids is 2. The van der Waals surface area contributed by atoms with Gasteiger partial charge in [-0.2, -0.15) is 0 Å². The third-order valence-corrected chi connectivity index (χ3v) is 2.16. The molecule has 1 rings (SSSR count). The van der Waals surface area contributed by atoms with E-state index in [2.05, 4.69) is 4.74 Å². The Labute approximate surface area is 76.2 Å². The van der Waals surface area contributed by atoms with E-state index in [-0.39, 0.29) is 12.4 Å². The smallest absolute Gasteiger partial charge is 0.314 e. The standard InChI is InChI=1S/C8H13NO4/c1-4-7(8(11)12-2)5(9)3-6(10)13-4/h4-5,7H,3,9H2,1-2H3/t4-,5-,7-/m1/s1. The number of esters is 2. The molecule has 1 aliphatic heterocycles. The van der Waals surface area contributed by atoms with Gasteiger partial charge >= 0.3 is 11.9 Å². The number of rotatable bonds is 1. The van der Waals surface area contributed by atoms with Crippen molar-refractivity contribution >= 4 is 11.9 Å². The Kier molecular flexibility index (Phi) is 2.87. The summed E-state index contributed by atoms with van der Waals surface area (Å²) >= 11 is 0. The molecule has 1 fully saturated rings. The van der Waals surface area contributed by atoms with Gasteiger partial charge in [0.2, 0.25) is 0 Å². The summed E-state index contributed by atoms with van der Waals surface area (Å²) in [4.78, 5) is 22.1. The quantitative estimate of drug-likeness (QED) is 0.556. The van der Waals surface area contributed by atoms with Gasteiger partial charge in [-0.25, -0.2) is 0 Å². The fourth-order valence-electron chi connectivity index (χ4n) is 1.50. The molecule has 0 aromatic carbocycles. The molecule has 0 aliphatic carbocycles. The summed E-state index contributed by atoms with van der Waals surface area (Å²) in [7, 11) is 1.29. The maximum Gasteiger partial charge on any atom is 0.314 e. The Morgan fingerprint density at radius 3 is 2.77 bits per heavy atom. The predicted octanol–water partition coefficient (Wildman–Crippen LogP) is -0.562. The van der Waals surface area contributed by atoms with Crippen LogP contribution in [0.2, 0.25) is 0 Å². The molecule has 5 heteroatoms. The molecule has 0 amide bonds. The largest absolute Gasteiger partial charge is 0.469 e. The summed E-state index contributed by atoms with van der Waals surface area (Å²) in [6, 6.07) is -0.497. The molecule has 0 aromatic heterocycles. The van der Waals surface area contributed by atoms with E-state index in [9.17, 15) is 9.59 Å². The average molecular weight is 187 g/mol. The Balaban J connectivity index is 2.72. The molecule has 0 aromatic rings. The second-order valence-corrected chi connectivity index (χ2v) is 3.11. The first kappa shape index (κ1) is 9.98. The van der Waals surface area contributed by atoms with Gasteiger partial charge in [-0.05, 0) is 6.92 Å². The lowest BCUT2D eigenvalue weighted by atomic mass is 9.90. The number of nitrogens with two attached hydrogens (primary N) is 1. The van der Waals surface area contributed by atoms with Crippen LogP contribution in [0.15, 0.2) is 0 Å². The molecule has 0 saturated carbocycles. The van der Waals surface area contributed by atoms with Crippen LogP contribution in [0.3, 0.4) is 0 Å². The fourth-order valence-corrected chi connectivity index (χ4v) is 1.50. The molecule has 3 atom stereocenters. The van der Waals surface area contributed by atoms with Crippen molar-refractivity contribution in [3.8, 4) is 0 Å². The zero-order chi connectivity index (χ0) is 10.0. The minimum Gasteiger partial charge on any atom is -0.469 e. The van der Waals surface area contributed by atoms with E-state index in [1.165, 1.54) is 7.11 Å². The maximum atomic E-state index is 11.2. The normalized spacial score (nSPS) is 33.8. The van der Waals surface area contributed by atoms with Crippen LogP contribution in [0.5, 0.6) is 0 Å². The van der Waals surface area contributed by atoms with Crippen LogP contribution in [0.1, 0.15) is 13.3 Å². The number of hydrogen-bond acceptors (Lipinski definition) is 5. The van der Waals surface area contributed by atoms with Gasteiger partial charge in [-0.15, -0.1) is 0 Å². The lowest BCUT2D eigenvalue weighted by molar-refractivity contribution is -0.167. The topological polar surface area (TPSA) is 78.6 Å². The SMILES string of the molecule is COC(=O)[C@H]1[C@H](N)CC(=O)O[C@@H]1C. The van der Waals surface area contributed by atoms with Gasteiger partial charge in [-0.1, -0.05) is 0 Å². The Morgan fingerprint density at radius 2 is 2.31 bits per heavy atom. The van der Waals surface area contributed by atoms with Gasteiger partial charge in [0.15, 0.2) is 0 Å². The Morgan fingerprint density at radius 1 is 1.69 bits per heavy atom. The molecule has 1 aliphatic rings. The van der Waals surface area contributed by atoms with Gasteiger partial charge in [0.25, 0.3) is 0 Å². The van der Waals surface area contributed by atoms with Crippen molar-refractivity contribution in [1.29, 1.82) is 0 Å². The summed E-state index contributed by atoms with van der Waals surface area (Å²) in [5.41, 5.74) is 5.63. The van der Waals surface area contributed by atoms with Crippen LogP contribution >= 0.6 is 0 Å². The minimum atomic E-state index is -0.539. The van der Waals surface area contributed by atoms with Crippen LogP contribution in [0.25, 0.3) is 0 Å². The summed E-state index contributed by atoms with van der Waals surface area (Å²) in [6.07, 6.45) is -0.423. The Hall–Kier alpha value is -1.10. The molecular formula is C8H13NO4. The number of methoxy groups -OCH3 is 1. The highest BCUT2D eigenvalue weighted by Gasteiger charge is 2.39. The van der Waals surface area contributed by atoms with E-state index < -0.39 is 24.0 Å². The van der Waals surface area contributed by atoms with E-state index in [1.807, 2.05) is 0 Å². The van der Waals surface area contributed by atoms with Gasteiger partial charge < -0.3 is 15.2 Å². The van der Waals surface area contributed by atoms with Crippen molar-refractivity contribution in [2.75, 3.05) is 7.11 Å². The van der Waals surface area contributed by atoms with Crippen LogP contribution in [-0.2, 0) is 19.1 Å². The predicted molar refractivity (Wildman–Crippen MR) is 43.7 cm³/mol. The highest BCUT2D eigenvalue weighted by Crippen LogP contribution is 2.21. The number of ether oxygens (including phenoxy) is 2. The molecule has 0 radical (unpaired) electrons. The molecule has 1 heterocycles. The van der Waals surface area contributed by atoms with Gasteiger partial charge in [0.1, 0.15) is 12.0 Å². The molecule has 0 spiro atoms. The van der Waals surface area contributed by atoms with E-state index in [4.69, 9.17) is 10.5 Å². The molecule has 13 heavy (non-hydrogen) atoms. The van der Waals surface area contributed by atoms with E-state index in [0.717, 1.165) is 0 Å². The van der Waals surface area contributed by atoms with Crippen molar-refractivity contribution in [3.05, 3.63) is 0 Å².